The van der Waals surface area contributed by atoms with Crippen molar-refractivity contribution in [3.8, 4) is 5.75 Å². The van der Waals surface area contributed by atoms with Gasteiger partial charge < -0.3 is 20.7 Å². The van der Waals surface area contributed by atoms with Crippen LogP contribution in [-0.4, -0.2) is 48.7 Å². The number of carbonyl (C=O) groups is 4. The zero-order chi connectivity index (χ0) is 24.8. The van der Waals surface area contributed by atoms with Gasteiger partial charge in [-0.1, -0.05) is 49.2 Å². The van der Waals surface area contributed by atoms with Crippen LogP contribution in [0.4, 0.5) is 0 Å². The highest BCUT2D eigenvalue weighted by molar-refractivity contribution is 6.38. The van der Waals surface area contributed by atoms with Gasteiger partial charge >= 0.3 is 0 Å². The third kappa shape index (κ3) is 7.15. The maximum absolute atomic E-state index is 13.3. The zero-order valence-electron chi connectivity index (χ0n) is 19.8. The van der Waals surface area contributed by atoms with Gasteiger partial charge in [0, 0.05) is 18.0 Å². The summed E-state index contributed by atoms with van der Waals surface area (Å²) in [7, 11) is 1.52. The van der Waals surface area contributed by atoms with Crippen molar-refractivity contribution in [1.29, 1.82) is 0 Å². The lowest BCUT2D eigenvalue weighted by Gasteiger charge is -2.23. The fourth-order valence-electron chi connectivity index (χ4n) is 3.90. The minimum atomic E-state index is -1.03. The minimum Gasteiger partial charge on any atom is -0.497 e. The molecule has 2 aromatic rings. The molecule has 184 valence electrons. The van der Waals surface area contributed by atoms with E-state index in [1.165, 1.54) is 7.11 Å². The summed E-state index contributed by atoms with van der Waals surface area (Å²) in [4.78, 5) is 51.7. The molecule has 2 fully saturated rings. The number of hydrogen-bond acceptors (Lipinski definition) is 5. The molecule has 0 aromatic heterocycles. The van der Waals surface area contributed by atoms with Crippen molar-refractivity contribution in [3.05, 3.63) is 65.7 Å². The van der Waals surface area contributed by atoms with Gasteiger partial charge in [0.25, 0.3) is 11.8 Å². The lowest BCUT2D eigenvalue weighted by atomic mass is 10.0. The Morgan fingerprint density at radius 3 is 2.31 bits per heavy atom. The van der Waals surface area contributed by atoms with Crippen LogP contribution < -0.4 is 20.7 Å². The second-order valence-corrected chi connectivity index (χ2v) is 9.30. The van der Waals surface area contributed by atoms with Crippen molar-refractivity contribution in [2.45, 2.75) is 56.7 Å². The van der Waals surface area contributed by atoms with Crippen molar-refractivity contribution in [1.82, 2.24) is 16.0 Å². The zero-order valence-corrected chi connectivity index (χ0v) is 19.8. The highest BCUT2D eigenvalue weighted by atomic mass is 16.5. The number of ketones is 1. The van der Waals surface area contributed by atoms with Crippen LogP contribution >= 0.6 is 0 Å². The molecule has 3 amide bonds. The largest absolute Gasteiger partial charge is 0.497 e. The first-order valence-corrected chi connectivity index (χ1v) is 12.1. The summed E-state index contributed by atoms with van der Waals surface area (Å²) in [6, 6.07) is 14.1. The SMILES string of the molecule is COc1cccc(C(=O)NC(CC2CC2)C(=O)N[C@H](Cc2ccccc2)C(=O)C(=O)NC2CC2)c1. The molecule has 0 bridgehead atoms. The van der Waals surface area contributed by atoms with Crippen LogP contribution in [0.2, 0.25) is 0 Å². The van der Waals surface area contributed by atoms with Crippen molar-refractivity contribution in [3.63, 3.8) is 0 Å². The molecule has 1 unspecified atom stereocenters. The normalized spacial score (nSPS) is 16.5. The van der Waals surface area contributed by atoms with Gasteiger partial charge in [-0.15, -0.1) is 0 Å². The van der Waals surface area contributed by atoms with Crippen LogP contribution in [-0.2, 0) is 20.8 Å². The number of benzene rings is 2. The summed E-state index contributed by atoms with van der Waals surface area (Å²) >= 11 is 0. The second kappa shape index (κ2) is 11.2. The standard InChI is InChI=1S/C27H31N3O5/c1-35-21-9-5-8-19(16-21)25(32)30-23(15-18-10-11-18)26(33)29-22(14-17-6-3-2-4-7-17)24(31)27(34)28-20-12-13-20/h2-9,16,18,20,22-23H,10-15H2,1H3,(H,28,34)(H,29,33)(H,30,32)/t22-,23?/m1/s1. The molecule has 0 spiro atoms. The number of Topliss-reactive ketones (excluding diaryl/α,β-unsaturated/α-hetero) is 1. The minimum absolute atomic E-state index is 0.0318. The molecular weight excluding hydrogens is 446 g/mol. The van der Waals surface area contributed by atoms with E-state index in [9.17, 15) is 19.2 Å². The molecule has 3 N–H and O–H groups in total. The van der Waals surface area contributed by atoms with Crippen molar-refractivity contribution < 1.29 is 23.9 Å². The Bertz CT molecular complexity index is 1080. The molecule has 0 saturated heterocycles. The molecule has 4 rings (SSSR count). The van der Waals surface area contributed by atoms with E-state index in [0.717, 1.165) is 31.2 Å². The fraction of sp³-hybridized carbons (Fsp3) is 0.407. The van der Waals surface area contributed by atoms with Gasteiger partial charge in [-0.05, 0) is 48.9 Å². The molecule has 8 heteroatoms. The molecule has 2 aliphatic carbocycles. The Labute approximate surface area is 204 Å². The number of carbonyl (C=O) groups excluding carboxylic acids is 4. The van der Waals surface area contributed by atoms with Gasteiger partial charge in [0.1, 0.15) is 17.8 Å². The molecule has 35 heavy (non-hydrogen) atoms. The van der Waals surface area contributed by atoms with Gasteiger partial charge in [-0.3, -0.25) is 19.2 Å². The maximum atomic E-state index is 13.3. The quantitative estimate of drug-likeness (QED) is 0.406. The topological polar surface area (TPSA) is 114 Å². The average Bonchev–Trinajstić information content (AvgIpc) is 3.80. The molecule has 0 heterocycles. The number of ether oxygens (including phenoxy) is 1. The third-order valence-electron chi connectivity index (χ3n) is 6.27. The van der Waals surface area contributed by atoms with Crippen molar-refractivity contribution >= 4 is 23.5 Å². The number of nitrogens with one attached hydrogen (secondary N) is 3. The number of hydrogen-bond donors (Lipinski definition) is 3. The Morgan fingerprint density at radius 1 is 0.914 bits per heavy atom. The molecule has 2 aromatic carbocycles. The second-order valence-electron chi connectivity index (χ2n) is 9.30. The lowest BCUT2D eigenvalue weighted by molar-refractivity contribution is -0.140. The van der Waals surface area contributed by atoms with Crippen molar-refractivity contribution in [2.75, 3.05) is 7.11 Å². The number of rotatable bonds is 12. The van der Waals surface area contributed by atoms with E-state index in [4.69, 9.17) is 4.74 Å². The van der Waals surface area contributed by atoms with Gasteiger partial charge in [-0.2, -0.15) is 0 Å². The van der Waals surface area contributed by atoms with E-state index in [-0.39, 0.29) is 12.5 Å². The van der Waals surface area contributed by atoms with E-state index in [1.54, 1.807) is 24.3 Å². The summed E-state index contributed by atoms with van der Waals surface area (Å²) in [6.45, 7) is 0. The summed E-state index contributed by atoms with van der Waals surface area (Å²) in [5, 5.41) is 8.29. The van der Waals surface area contributed by atoms with Crippen molar-refractivity contribution in [2.24, 2.45) is 5.92 Å². The summed E-state index contributed by atoms with van der Waals surface area (Å²) < 4.78 is 5.19. The van der Waals surface area contributed by atoms with Crippen LogP contribution in [0.3, 0.4) is 0 Å². The van der Waals surface area contributed by atoms with Crippen LogP contribution in [0.15, 0.2) is 54.6 Å². The Balaban J connectivity index is 1.48. The van der Waals surface area contributed by atoms with E-state index in [1.807, 2.05) is 30.3 Å². The molecule has 2 saturated carbocycles. The van der Waals surface area contributed by atoms with Crippen LogP contribution in [0.25, 0.3) is 0 Å². The highest BCUT2D eigenvalue weighted by Crippen LogP contribution is 2.33. The van der Waals surface area contributed by atoms with Crippen LogP contribution in [0.1, 0.15) is 48.0 Å². The van der Waals surface area contributed by atoms with Gasteiger partial charge in [0.15, 0.2) is 0 Å². The highest BCUT2D eigenvalue weighted by Gasteiger charge is 2.35. The molecular formula is C27H31N3O5. The van der Waals surface area contributed by atoms with E-state index in [0.29, 0.717) is 23.7 Å². The van der Waals surface area contributed by atoms with Gasteiger partial charge in [0.05, 0.1) is 7.11 Å². The molecule has 8 nitrogen and oxygen atoms in total. The van der Waals surface area contributed by atoms with E-state index in [2.05, 4.69) is 16.0 Å². The van der Waals surface area contributed by atoms with Crippen LogP contribution in [0, 0.1) is 5.92 Å². The van der Waals surface area contributed by atoms with Gasteiger partial charge in [-0.25, -0.2) is 0 Å². The first-order valence-electron chi connectivity index (χ1n) is 12.1. The lowest BCUT2D eigenvalue weighted by Crippen LogP contribution is -2.54. The number of methoxy groups -OCH3 is 1. The molecule has 0 aliphatic heterocycles. The predicted octanol–water partition coefficient (Wildman–Crippen LogP) is 2.17. The summed E-state index contributed by atoms with van der Waals surface area (Å²) in [5.74, 6) is -1.36. The van der Waals surface area contributed by atoms with E-state index < -0.39 is 35.6 Å². The predicted molar refractivity (Wildman–Crippen MR) is 130 cm³/mol. The molecule has 2 atom stereocenters. The Hall–Kier alpha value is -3.68. The maximum Gasteiger partial charge on any atom is 0.289 e. The van der Waals surface area contributed by atoms with Crippen LogP contribution in [0.5, 0.6) is 5.75 Å². The first-order chi connectivity index (χ1) is 16.9. The Kier molecular flexibility index (Phi) is 7.80. The van der Waals surface area contributed by atoms with E-state index >= 15 is 0 Å². The molecule has 0 radical (unpaired) electrons. The average molecular weight is 478 g/mol. The summed E-state index contributed by atoms with van der Waals surface area (Å²) in [6.07, 6.45) is 4.36. The monoisotopic (exact) mass is 477 g/mol. The van der Waals surface area contributed by atoms with Gasteiger partial charge in [0.2, 0.25) is 11.7 Å². The summed E-state index contributed by atoms with van der Waals surface area (Å²) in [5.41, 5.74) is 1.20. The fourth-order valence-corrected chi connectivity index (χ4v) is 3.90. The third-order valence-corrected chi connectivity index (χ3v) is 6.27. The Morgan fingerprint density at radius 2 is 1.66 bits per heavy atom. The molecule has 2 aliphatic rings. The number of amides is 3. The smallest absolute Gasteiger partial charge is 0.289 e. The first kappa shape index (κ1) is 24.4.